The van der Waals surface area contributed by atoms with Gasteiger partial charge in [-0.1, -0.05) is 6.07 Å². The Morgan fingerprint density at radius 1 is 1.17 bits per heavy atom. The Balaban J connectivity index is 1.63. The molecular weight excluding hydrogens is 318 g/mol. The second-order valence-electron chi connectivity index (χ2n) is 5.22. The normalized spacial score (nSPS) is 14.2. The first-order valence-electron chi connectivity index (χ1n) is 7.27. The Bertz CT molecular complexity index is 770. The standard InChI is InChI=1S/C16H14F2N4O2/c17-12-5-4-11(9-13(12)18)22-8-7-21(16(22)24)10-15(23)20-14-3-1-2-6-19-14/h1-6,9H,7-8,10H2,(H,19,20,23). The molecule has 0 unspecified atom stereocenters. The van der Waals surface area contributed by atoms with Crippen LogP contribution in [0, 0.1) is 11.6 Å². The first-order chi connectivity index (χ1) is 11.5. The summed E-state index contributed by atoms with van der Waals surface area (Å²) >= 11 is 0. The maximum absolute atomic E-state index is 13.3. The fraction of sp³-hybridized carbons (Fsp3) is 0.188. The van der Waals surface area contributed by atoms with Crippen LogP contribution in [0.25, 0.3) is 0 Å². The third-order valence-corrected chi connectivity index (χ3v) is 3.58. The third-order valence-electron chi connectivity index (χ3n) is 3.58. The molecule has 1 N–H and O–H groups in total. The zero-order chi connectivity index (χ0) is 17.1. The smallest absolute Gasteiger partial charge is 0.313 e. The molecule has 8 heteroatoms. The number of urea groups is 1. The summed E-state index contributed by atoms with van der Waals surface area (Å²) in [5.74, 6) is -1.98. The highest BCUT2D eigenvalue weighted by Crippen LogP contribution is 2.22. The molecule has 0 saturated carbocycles. The topological polar surface area (TPSA) is 65.5 Å². The zero-order valence-corrected chi connectivity index (χ0v) is 12.6. The number of anilines is 2. The average Bonchev–Trinajstić information content (AvgIpc) is 2.92. The fourth-order valence-electron chi connectivity index (χ4n) is 2.41. The van der Waals surface area contributed by atoms with E-state index < -0.39 is 17.7 Å². The summed E-state index contributed by atoms with van der Waals surface area (Å²) in [6, 6.07) is 7.91. The molecule has 1 aliphatic heterocycles. The van der Waals surface area contributed by atoms with E-state index in [4.69, 9.17) is 0 Å². The highest BCUT2D eigenvalue weighted by atomic mass is 19.2. The maximum atomic E-state index is 13.3. The number of halogens is 2. The van der Waals surface area contributed by atoms with Gasteiger partial charge in [0.2, 0.25) is 5.91 Å². The third kappa shape index (κ3) is 3.32. The summed E-state index contributed by atoms with van der Waals surface area (Å²) in [5, 5.41) is 2.59. The molecule has 3 rings (SSSR count). The van der Waals surface area contributed by atoms with Gasteiger partial charge >= 0.3 is 6.03 Å². The van der Waals surface area contributed by atoms with Gasteiger partial charge < -0.3 is 10.2 Å². The van der Waals surface area contributed by atoms with Crippen molar-refractivity contribution in [3.8, 4) is 0 Å². The molecule has 0 aliphatic carbocycles. The van der Waals surface area contributed by atoms with Crippen molar-refractivity contribution in [2.24, 2.45) is 0 Å². The van der Waals surface area contributed by atoms with Crippen LogP contribution in [0.15, 0.2) is 42.6 Å². The van der Waals surface area contributed by atoms with Crippen LogP contribution < -0.4 is 10.2 Å². The van der Waals surface area contributed by atoms with E-state index in [-0.39, 0.29) is 18.1 Å². The summed E-state index contributed by atoms with van der Waals surface area (Å²) in [4.78, 5) is 30.9. The number of hydrogen-bond acceptors (Lipinski definition) is 3. The lowest BCUT2D eigenvalue weighted by molar-refractivity contribution is -0.116. The van der Waals surface area contributed by atoms with Crippen LogP contribution in [0.4, 0.5) is 25.1 Å². The number of carbonyl (C=O) groups excluding carboxylic acids is 2. The largest absolute Gasteiger partial charge is 0.325 e. The van der Waals surface area contributed by atoms with E-state index in [9.17, 15) is 18.4 Å². The average molecular weight is 332 g/mol. The maximum Gasteiger partial charge on any atom is 0.325 e. The Hall–Kier alpha value is -3.03. The van der Waals surface area contributed by atoms with Gasteiger partial charge in [-0.3, -0.25) is 9.69 Å². The molecule has 3 amide bonds. The SMILES string of the molecule is O=C(CN1CCN(c2ccc(F)c(F)c2)C1=O)Nc1ccccn1. The summed E-state index contributed by atoms with van der Waals surface area (Å²) in [7, 11) is 0. The number of nitrogens with zero attached hydrogens (tertiary/aromatic N) is 3. The summed E-state index contributed by atoms with van der Waals surface area (Å²) in [6.07, 6.45) is 1.54. The van der Waals surface area contributed by atoms with Crippen molar-refractivity contribution in [2.45, 2.75) is 0 Å². The predicted molar refractivity (Wildman–Crippen MR) is 83.5 cm³/mol. The number of amides is 3. The number of benzene rings is 1. The van der Waals surface area contributed by atoms with E-state index in [2.05, 4.69) is 10.3 Å². The van der Waals surface area contributed by atoms with Crippen molar-refractivity contribution >= 4 is 23.4 Å². The molecule has 1 aliphatic rings. The van der Waals surface area contributed by atoms with Crippen molar-refractivity contribution in [2.75, 3.05) is 29.9 Å². The van der Waals surface area contributed by atoms with E-state index >= 15 is 0 Å². The van der Waals surface area contributed by atoms with Crippen molar-refractivity contribution < 1.29 is 18.4 Å². The van der Waals surface area contributed by atoms with Gasteiger partial charge in [0.1, 0.15) is 12.4 Å². The second kappa shape index (κ2) is 6.61. The molecular formula is C16H14F2N4O2. The molecule has 1 aromatic heterocycles. The minimum atomic E-state index is -1.02. The molecule has 2 aromatic rings. The minimum absolute atomic E-state index is 0.143. The lowest BCUT2D eigenvalue weighted by atomic mass is 10.3. The molecule has 0 spiro atoms. The van der Waals surface area contributed by atoms with Gasteiger partial charge in [-0.05, 0) is 24.3 Å². The molecule has 1 fully saturated rings. The van der Waals surface area contributed by atoms with Crippen LogP contribution in [-0.4, -0.2) is 41.5 Å². The summed E-state index contributed by atoms with van der Waals surface area (Å²) in [6.45, 7) is 0.462. The van der Waals surface area contributed by atoms with Crippen molar-refractivity contribution in [1.29, 1.82) is 0 Å². The molecule has 2 heterocycles. The highest BCUT2D eigenvalue weighted by Gasteiger charge is 2.31. The first kappa shape index (κ1) is 15.9. The van der Waals surface area contributed by atoms with Crippen LogP contribution in [0.1, 0.15) is 0 Å². The quantitative estimate of drug-likeness (QED) is 0.934. The van der Waals surface area contributed by atoms with E-state index in [0.29, 0.717) is 18.9 Å². The van der Waals surface area contributed by atoms with Crippen molar-refractivity contribution in [3.63, 3.8) is 0 Å². The number of nitrogens with one attached hydrogen (secondary N) is 1. The zero-order valence-electron chi connectivity index (χ0n) is 12.6. The van der Waals surface area contributed by atoms with Crippen LogP contribution in [0.2, 0.25) is 0 Å². The van der Waals surface area contributed by atoms with Gasteiger partial charge in [-0.15, -0.1) is 0 Å². The van der Waals surface area contributed by atoms with Gasteiger partial charge in [0.05, 0.1) is 0 Å². The van der Waals surface area contributed by atoms with E-state index in [1.165, 1.54) is 15.9 Å². The Kier molecular flexibility index (Phi) is 4.37. The molecule has 6 nitrogen and oxygen atoms in total. The van der Waals surface area contributed by atoms with Crippen LogP contribution >= 0.6 is 0 Å². The number of hydrogen-bond donors (Lipinski definition) is 1. The first-order valence-corrected chi connectivity index (χ1v) is 7.27. The molecule has 0 bridgehead atoms. The van der Waals surface area contributed by atoms with Gasteiger partial charge in [0.25, 0.3) is 0 Å². The Morgan fingerprint density at radius 3 is 2.71 bits per heavy atom. The Labute approximate surface area is 136 Å². The lowest BCUT2D eigenvalue weighted by Crippen LogP contribution is -2.37. The van der Waals surface area contributed by atoms with E-state index in [0.717, 1.165) is 12.1 Å². The number of carbonyl (C=O) groups is 2. The second-order valence-corrected chi connectivity index (χ2v) is 5.22. The van der Waals surface area contributed by atoms with E-state index in [1.54, 1.807) is 24.4 Å². The summed E-state index contributed by atoms with van der Waals surface area (Å²) in [5.41, 5.74) is 0.256. The molecule has 24 heavy (non-hydrogen) atoms. The van der Waals surface area contributed by atoms with Gasteiger partial charge in [0.15, 0.2) is 11.6 Å². The fourth-order valence-corrected chi connectivity index (χ4v) is 2.41. The minimum Gasteiger partial charge on any atom is -0.313 e. The van der Waals surface area contributed by atoms with Crippen molar-refractivity contribution in [3.05, 3.63) is 54.2 Å². The van der Waals surface area contributed by atoms with Crippen molar-refractivity contribution in [1.82, 2.24) is 9.88 Å². The molecule has 0 radical (unpaired) electrons. The molecule has 1 aromatic carbocycles. The number of aromatic nitrogens is 1. The van der Waals surface area contributed by atoms with Crippen LogP contribution in [0.3, 0.4) is 0 Å². The monoisotopic (exact) mass is 332 g/mol. The van der Waals surface area contributed by atoms with Gasteiger partial charge in [-0.25, -0.2) is 18.6 Å². The number of pyridine rings is 1. The summed E-state index contributed by atoms with van der Waals surface area (Å²) < 4.78 is 26.3. The Morgan fingerprint density at radius 2 is 2.00 bits per heavy atom. The van der Waals surface area contributed by atoms with Crippen LogP contribution in [0.5, 0.6) is 0 Å². The van der Waals surface area contributed by atoms with E-state index in [1.807, 2.05) is 0 Å². The van der Waals surface area contributed by atoms with Crippen LogP contribution in [-0.2, 0) is 4.79 Å². The molecule has 0 atom stereocenters. The van der Waals surface area contributed by atoms with Gasteiger partial charge in [-0.2, -0.15) is 0 Å². The number of rotatable bonds is 4. The lowest BCUT2D eigenvalue weighted by Gasteiger charge is -2.18. The molecule has 124 valence electrons. The predicted octanol–water partition coefficient (Wildman–Crippen LogP) is 2.24. The van der Waals surface area contributed by atoms with Gasteiger partial charge in [0, 0.05) is 31.0 Å². The highest BCUT2D eigenvalue weighted by molar-refractivity contribution is 5.99. The molecule has 1 saturated heterocycles.